The molecule has 0 amide bonds. The van der Waals surface area contributed by atoms with Crippen LogP contribution in [0.15, 0.2) is 36.4 Å². The van der Waals surface area contributed by atoms with Gasteiger partial charge in [0.1, 0.15) is 29.8 Å². The van der Waals surface area contributed by atoms with Gasteiger partial charge in [0.05, 0.1) is 0 Å². The van der Waals surface area contributed by atoms with Gasteiger partial charge in [0.25, 0.3) is 0 Å². The quantitative estimate of drug-likeness (QED) is 0.709. The molecule has 1 fully saturated rings. The van der Waals surface area contributed by atoms with E-state index in [1.807, 2.05) is 36.4 Å². The molecule has 4 nitrogen and oxygen atoms in total. The van der Waals surface area contributed by atoms with Gasteiger partial charge < -0.3 is 19.5 Å². The van der Waals surface area contributed by atoms with Gasteiger partial charge in [-0.25, -0.2) is 0 Å². The minimum Gasteiger partial charge on any atom is -0.491 e. The average molecular weight is 436 g/mol. The number of rotatable bonds is 6. The van der Waals surface area contributed by atoms with Gasteiger partial charge in [0, 0.05) is 48.9 Å². The first-order valence-electron chi connectivity index (χ1n) is 10.3. The molecule has 2 aliphatic heterocycles. The number of ether oxygens (including phenoxy) is 2. The smallest absolute Gasteiger partial charge is 0.123 e. The van der Waals surface area contributed by atoms with Gasteiger partial charge in [-0.1, -0.05) is 30.1 Å². The number of β-amino-alcohol motifs (C(OH)–C–C–N with tert-alkyl or cyclic N) is 1. The Morgan fingerprint density at radius 2 is 1.97 bits per heavy atom. The first-order valence-corrected chi connectivity index (χ1v) is 11.0. The van der Waals surface area contributed by atoms with Crippen LogP contribution in [-0.2, 0) is 12.8 Å². The van der Waals surface area contributed by atoms with Crippen LogP contribution in [-0.4, -0.2) is 48.0 Å². The summed E-state index contributed by atoms with van der Waals surface area (Å²) in [7, 11) is 0. The van der Waals surface area contributed by atoms with Crippen LogP contribution in [0.25, 0.3) is 0 Å². The van der Waals surface area contributed by atoms with E-state index >= 15 is 0 Å². The number of halogens is 2. The zero-order valence-corrected chi connectivity index (χ0v) is 18.2. The summed E-state index contributed by atoms with van der Waals surface area (Å²) in [6, 6.07) is 11.5. The number of aryl methyl sites for hydroxylation is 1. The van der Waals surface area contributed by atoms with Gasteiger partial charge in [-0.05, 0) is 53.9 Å². The van der Waals surface area contributed by atoms with E-state index in [1.54, 1.807) is 0 Å². The SMILES string of the molecule is CCc1cc(OC[C@H](O)CN2CCC3(CC2)Cc2cc(Cl)ccc2O3)ccc1Cl. The van der Waals surface area contributed by atoms with Crippen molar-refractivity contribution in [1.29, 1.82) is 0 Å². The predicted molar refractivity (Wildman–Crippen MR) is 117 cm³/mol. The highest BCUT2D eigenvalue weighted by Crippen LogP contribution is 2.41. The third-order valence-corrected chi connectivity index (χ3v) is 6.54. The Morgan fingerprint density at radius 3 is 2.72 bits per heavy atom. The number of hydrogen-bond acceptors (Lipinski definition) is 4. The minimum absolute atomic E-state index is 0.120. The molecular weight excluding hydrogens is 409 g/mol. The third-order valence-electron chi connectivity index (χ3n) is 5.94. The fourth-order valence-electron chi connectivity index (χ4n) is 4.28. The first kappa shape index (κ1) is 20.8. The molecule has 1 spiro atoms. The molecule has 0 aliphatic carbocycles. The van der Waals surface area contributed by atoms with Crippen LogP contribution in [0.2, 0.25) is 10.0 Å². The molecule has 6 heteroatoms. The van der Waals surface area contributed by atoms with Crippen molar-refractivity contribution in [2.24, 2.45) is 0 Å². The van der Waals surface area contributed by atoms with Gasteiger partial charge in [0.2, 0.25) is 0 Å². The summed E-state index contributed by atoms with van der Waals surface area (Å²) in [6.07, 6.45) is 3.13. The van der Waals surface area contributed by atoms with Crippen LogP contribution in [0.1, 0.15) is 30.9 Å². The van der Waals surface area contributed by atoms with Gasteiger partial charge >= 0.3 is 0 Å². The van der Waals surface area contributed by atoms with Crippen molar-refractivity contribution in [2.45, 2.75) is 44.3 Å². The minimum atomic E-state index is -0.537. The molecule has 1 saturated heterocycles. The molecule has 2 aliphatic rings. The van der Waals surface area contributed by atoms with Crippen molar-refractivity contribution in [3.63, 3.8) is 0 Å². The van der Waals surface area contributed by atoms with Crippen molar-refractivity contribution in [2.75, 3.05) is 26.2 Å². The number of hydrogen-bond donors (Lipinski definition) is 1. The largest absolute Gasteiger partial charge is 0.491 e. The van der Waals surface area contributed by atoms with Crippen LogP contribution >= 0.6 is 23.2 Å². The molecule has 0 aromatic heterocycles. The van der Waals surface area contributed by atoms with Crippen LogP contribution in [0.5, 0.6) is 11.5 Å². The van der Waals surface area contributed by atoms with Gasteiger partial charge in [-0.15, -0.1) is 0 Å². The van der Waals surface area contributed by atoms with Gasteiger partial charge in [-0.2, -0.15) is 0 Å². The van der Waals surface area contributed by atoms with E-state index in [1.165, 1.54) is 5.56 Å². The van der Waals surface area contributed by atoms with E-state index in [2.05, 4.69) is 11.8 Å². The molecule has 0 saturated carbocycles. The average Bonchev–Trinajstić information content (AvgIpc) is 3.06. The molecule has 29 heavy (non-hydrogen) atoms. The Balaban J connectivity index is 1.25. The Kier molecular flexibility index (Phi) is 6.26. The predicted octanol–water partition coefficient (Wildman–Crippen LogP) is 4.77. The highest BCUT2D eigenvalue weighted by Gasteiger charge is 2.42. The maximum atomic E-state index is 10.4. The number of benzene rings is 2. The molecule has 2 aromatic rings. The van der Waals surface area contributed by atoms with Crippen molar-refractivity contribution in [3.8, 4) is 11.5 Å². The molecular formula is C23H27Cl2NO3. The normalized spacial score (nSPS) is 19.0. The summed E-state index contributed by atoms with van der Waals surface area (Å²) in [5.41, 5.74) is 2.14. The molecule has 2 heterocycles. The molecule has 2 aromatic carbocycles. The lowest BCUT2D eigenvalue weighted by Gasteiger charge is -2.39. The Morgan fingerprint density at radius 1 is 1.17 bits per heavy atom. The summed E-state index contributed by atoms with van der Waals surface area (Å²) in [5, 5.41) is 11.9. The maximum absolute atomic E-state index is 10.4. The number of fused-ring (bicyclic) bond motifs is 1. The zero-order chi connectivity index (χ0) is 20.4. The van der Waals surface area contributed by atoms with Crippen LogP contribution < -0.4 is 9.47 Å². The van der Waals surface area contributed by atoms with Crippen LogP contribution in [0.3, 0.4) is 0 Å². The summed E-state index contributed by atoms with van der Waals surface area (Å²) < 4.78 is 12.1. The molecule has 156 valence electrons. The number of likely N-dealkylation sites (tertiary alicyclic amines) is 1. The Hall–Kier alpha value is -1.46. The number of aliphatic hydroxyl groups is 1. The highest BCUT2D eigenvalue weighted by atomic mass is 35.5. The van der Waals surface area contributed by atoms with E-state index in [-0.39, 0.29) is 12.2 Å². The fourth-order valence-corrected chi connectivity index (χ4v) is 4.73. The summed E-state index contributed by atoms with van der Waals surface area (Å²) in [5.74, 6) is 1.71. The molecule has 1 N–H and O–H groups in total. The standard InChI is InChI=1S/C23H27Cl2NO3/c1-2-16-12-20(4-5-21(16)25)28-15-19(27)14-26-9-7-23(8-10-26)13-17-11-18(24)3-6-22(17)29-23/h3-6,11-12,19,27H,2,7-10,13-15H2,1H3/t19-/m1/s1. The van der Waals surface area contributed by atoms with Gasteiger partial charge in [0.15, 0.2) is 0 Å². The second-order valence-electron chi connectivity index (χ2n) is 8.09. The lowest BCUT2D eigenvalue weighted by Crippen LogP contribution is -2.49. The second-order valence-corrected chi connectivity index (χ2v) is 8.93. The van der Waals surface area contributed by atoms with E-state index in [9.17, 15) is 5.11 Å². The van der Waals surface area contributed by atoms with Crippen molar-refractivity contribution in [3.05, 3.63) is 57.6 Å². The second kappa shape index (κ2) is 8.73. The number of nitrogens with zero attached hydrogens (tertiary/aromatic N) is 1. The van der Waals surface area contributed by atoms with E-state index in [0.29, 0.717) is 6.54 Å². The summed E-state index contributed by atoms with van der Waals surface area (Å²) in [6.45, 7) is 4.74. The monoisotopic (exact) mass is 435 g/mol. The van der Waals surface area contributed by atoms with E-state index in [0.717, 1.165) is 65.9 Å². The first-order chi connectivity index (χ1) is 14.0. The van der Waals surface area contributed by atoms with Crippen LogP contribution in [0.4, 0.5) is 0 Å². The number of aliphatic hydroxyl groups excluding tert-OH is 1. The lowest BCUT2D eigenvalue weighted by molar-refractivity contribution is -0.00196. The Labute approximate surface area is 182 Å². The van der Waals surface area contributed by atoms with Crippen molar-refractivity contribution >= 4 is 23.2 Å². The van der Waals surface area contributed by atoms with E-state index in [4.69, 9.17) is 32.7 Å². The zero-order valence-electron chi connectivity index (χ0n) is 16.7. The van der Waals surface area contributed by atoms with Crippen molar-refractivity contribution in [1.82, 2.24) is 4.90 Å². The highest BCUT2D eigenvalue weighted by molar-refractivity contribution is 6.31. The fraction of sp³-hybridized carbons (Fsp3) is 0.478. The van der Waals surface area contributed by atoms with E-state index < -0.39 is 6.10 Å². The maximum Gasteiger partial charge on any atom is 0.123 e. The van der Waals surface area contributed by atoms with Crippen molar-refractivity contribution < 1.29 is 14.6 Å². The number of piperidine rings is 1. The topological polar surface area (TPSA) is 41.9 Å². The Bertz CT molecular complexity index is 865. The molecule has 0 unspecified atom stereocenters. The third kappa shape index (κ3) is 4.83. The van der Waals surface area contributed by atoms with Crippen LogP contribution in [0, 0.1) is 0 Å². The molecule has 0 bridgehead atoms. The summed E-state index contributed by atoms with van der Waals surface area (Å²) in [4.78, 5) is 2.29. The van der Waals surface area contributed by atoms with Gasteiger partial charge in [-0.3, -0.25) is 0 Å². The molecule has 4 rings (SSSR count). The molecule has 1 atom stereocenters. The molecule has 0 radical (unpaired) electrons. The lowest BCUT2D eigenvalue weighted by atomic mass is 9.87. The summed E-state index contributed by atoms with van der Waals surface area (Å²) >= 11 is 12.3.